The fraction of sp³-hybridized carbons (Fsp3) is 0.300. The van der Waals surface area contributed by atoms with Crippen LogP contribution in [0.1, 0.15) is 41.2 Å². The number of halogens is 3. The molecule has 4 rings (SSSR count). The summed E-state index contributed by atoms with van der Waals surface area (Å²) in [6, 6.07) is 14.9. The van der Waals surface area contributed by atoms with Crippen LogP contribution in [0.15, 0.2) is 74.9 Å². The van der Waals surface area contributed by atoms with Crippen molar-refractivity contribution in [3.05, 3.63) is 93.7 Å². The number of alkyl halides is 3. The van der Waals surface area contributed by atoms with Crippen molar-refractivity contribution in [3.63, 3.8) is 0 Å². The predicted octanol–water partition coefficient (Wildman–Crippen LogP) is 6.21. The van der Waals surface area contributed by atoms with E-state index in [-0.39, 0.29) is 23.4 Å². The second-order valence-corrected chi connectivity index (χ2v) is 13.9. The molecule has 0 aliphatic carbocycles. The lowest BCUT2D eigenvalue weighted by molar-refractivity contribution is -0.137. The summed E-state index contributed by atoms with van der Waals surface area (Å²) in [6.45, 7) is 3.83. The molecule has 0 aliphatic rings. The maximum absolute atomic E-state index is 13.8. The first-order valence-corrected chi connectivity index (χ1v) is 15.5. The number of hydrogen-bond donors (Lipinski definition) is 3. The van der Waals surface area contributed by atoms with Gasteiger partial charge >= 0.3 is 11.9 Å². The Balaban J connectivity index is 1.68. The summed E-state index contributed by atoms with van der Waals surface area (Å²) >= 11 is 0. The lowest BCUT2D eigenvalue weighted by Crippen LogP contribution is -2.42. The van der Waals surface area contributed by atoms with Crippen molar-refractivity contribution in [2.75, 3.05) is 32.0 Å². The number of anilines is 1. The van der Waals surface area contributed by atoms with Gasteiger partial charge in [0.1, 0.15) is 11.5 Å². The summed E-state index contributed by atoms with van der Waals surface area (Å²) in [5.74, 6) is -0.607. The second kappa shape index (κ2) is 12.3. The average Bonchev–Trinajstić information content (AvgIpc) is 3.36. The van der Waals surface area contributed by atoms with Crippen LogP contribution in [-0.4, -0.2) is 48.5 Å². The minimum absolute atomic E-state index is 0.0515. The van der Waals surface area contributed by atoms with E-state index in [1.807, 2.05) is 32.4 Å². The molecule has 0 fully saturated rings. The van der Waals surface area contributed by atoms with Gasteiger partial charge in [-0.25, -0.2) is 9.52 Å². The van der Waals surface area contributed by atoms with Crippen LogP contribution >= 0.6 is 10.2 Å². The monoisotopic (exact) mass is 618 g/mol. The molecule has 1 heterocycles. The third-order valence-corrected chi connectivity index (χ3v) is 9.15. The Morgan fingerprint density at radius 3 is 2.37 bits per heavy atom. The Morgan fingerprint density at radius 2 is 1.74 bits per heavy atom. The Kier molecular flexibility index (Phi) is 9.09. The highest BCUT2D eigenvalue weighted by Gasteiger charge is 2.34. The highest BCUT2D eigenvalue weighted by molar-refractivity contribution is 8.31. The molecule has 0 spiro atoms. The van der Waals surface area contributed by atoms with Crippen LogP contribution in [0.4, 0.5) is 18.9 Å². The first kappa shape index (κ1) is 31.9. The van der Waals surface area contributed by atoms with E-state index in [9.17, 15) is 22.8 Å². The van der Waals surface area contributed by atoms with Crippen LogP contribution in [0.2, 0.25) is 0 Å². The van der Waals surface area contributed by atoms with E-state index >= 15 is 0 Å². The second-order valence-electron chi connectivity index (χ2n) is 10.6. The zero-order chi connectivity index (χ0) is 31.6. The molecular formula is C30H33F3N4O5S. The molecule has 1 aromatic heterocycles. The number of ether oxygens (including phenoxy) is 2. The van der Waals surface area contributed by atoms with Gasteiger partial charge in [-0.05, 0) is 79.4 Å². The van der Waals surface area contributed by atoms with Gasteiger partial charge in [0.15, 0.2) is 5.82 Å². The Bertz CT molecular complexity index is 1680. The van der Waals surface area contributed by atoms with Crippen molar-refractivity contribution < 1.29 is 32.0 Å². The minimum Gasteiger partial charge on any atom is -0.496 e. The quantitative estimate of drug-likeness (QED) is 0.181. The maximum Gasteiger partial charge on any atom is 0.438 e. The fourth-order valence-corrected chi connectivity index (χ4v) is 7.18. The van der Waals surface area contributed by atoms with E-state index in [4.69, 9.17) is 9.47 Å². The number of carbonyl (C=O) groups excluding carboxylic acids is 1. The molecule has 43 heavy (non-hydrogen) atoms. The molecule has 0 aliphatic heterocycles. The number of aromatic nitrogens is 2. The standard InChI is InChI=1S/C30H33F3N4O5S/c1-29(2,41-4)37-43(5,6)25-14-11-18(16-24(25)40-3)27(38)34-20-12-13-21(19(15-20)17-26-35-28(39)42-36-26)22-9-7-8-10-23(22)30(31,32)33/h7-16,37H,17H2,1-6H3,(H,34,38)(H,35,36,39). The van der Waals surface area contributed by atoms with Crippen molar-refractivity contribution in [2.45, 2.75) is 37.1 Å². The number of methoxy groups -OCH3 is 2. The SMILES string of the molecule is COc1cc(C(=O)Nc2ccc(-c3ccccc3C(F)(F)F)c(Cc3noc(=O)[nH]3)c2)ccc1S(C)(C)NC(C)(C)OC. The molecule has 0 saturated heterocycles. The minimum atomic E-state index is -4.60. The van der Waals surface area contributed by atoms with E-state index in [0.717, 1.165) is 11.0 Å². The highest BCUT2D eigenvalue weighted by atomic mass is 32.3. The average molecular weight is 619 g/mol. The topological polar surface area (TPSA) is 118 Å². The van der Waals surface area contributed by atoms with Crippen LogP contribution in [0.25, 0.3) is 11.1 Å². The molecule has 1 amide bonds. The summed E-state index contributed by atoms with van der Waals surface area (Å²) < 4.78 is 60.8. The van der Waals surface area contributed by atoms with Gasteiger partial charge in [0.2, 0.25) is 0 Å². The van der Waals surface area contributed by atoms with Gasteiger partial charge in [0.25, 0.3) is 5.91 Å². The Hall–Kier alpha value is -4.07. The lowest BCUT2D eigenvalue weighted by atomic mass is 9.93. The van der Waals surface area contributed by atoms with Gasteiger partial charge in [0, 0.05) is 29.7 Å². The number of H-pyrrole nitrogens is 1. The maximum atomic E-state index is 13.8. The van der Waals surface area contributed by atoms with E-state index in [1.54, 1.807) is 25.3 Å². The van der Waals surface area contributed by atoms with Gasteiger partial charge in [-0.3, -0.25) is 14.3 Å². The van der Waals surface area contributed by atoms with Crippen molar-refractivity contribution in [1.29, 1.82) is 0 Å². The highest BCUT2D eigenvalue weighted by Crippen LogP contribution is 2.51. The largest absolute Gasteiger partial charge is 0.496 e. The summed E-state index contributed by atoms with van der Waals surface area (Å²) in [4.78, 5) is 28.1. The first-order valence-electron chi connectivity index (χ1n) is 13.0. The molecule has 0 atom stereocenters. The number of aromatic amines is 1. The van der Waals surface area contributed by atoms with Gasteiger partial charge in [-0.1, -0.05) is 29.4 Å². The van der Waals surface area contributed by atoms with E-state index in [0.29, 0.717) is 22.6 Å². The van der Waals surface area contributed by atoms with Crippen molar-refractivity contribution in [2.24, 2.45) is 0 Å². The van der Waals surface area contributed by atoms with E-state index in [1.165, 1.54) is 37.4 Å². The molecule has 3 aromatic carbocycles. The third kappa shape index (κ3) is 7.48. The molecule has 0 saturated carbocycles. The third-order valence-electron chi connectivity index (χ3n) is 6.72. The summed E-state index contributed by atoms with van der Waals surface area (Å²) in [6.07, 6.45) is -0.553. The molecule has 0 bridgehead atoms. The molecule has 230 valence electrons. The van der Waals surface area contributed by atoms with E-state index < -0.39 is 39.3 Å². The molecule has 3 N–H and O–H groups in total. The number of nitrogens with one attached hydrogen (secondary N) is 3. The molecule has 4 aromatic rings. The van der Waals surface area contributed by atoms with Gasteiger partial charge in [-0.2, -0.15) is 23.4 Å². The van der Waals surface area contributed by atoms with Crippen LogP contribution in [0.3, 0.4) is 0 Å². The molecule has 13 heteroatoms. The Morgan fingerprint density at radius 1 is 1.02 bits per heavy atom. The van der Waals surface area contributed by atoms with Crippen LogP contribution in [0, 0.1) is 0 Å². The number of hydrogen-bond acceptors (Lipinski definition) is 7. The number of rotatable bonds is 10. The zero-order valence-corrected chi connectivity index (χ0v) is 25.3. The predicted molar refractivity (Wildman–Crippen MR) is 160 cm³/mol. The number of benzene rings is 3. The normalized spacial score (nSPS) is 12.7. The van der Waals surface area contributed by atoms with Crippen LogP contribution in [0.5, 0.6) is 5.75 Å². The summed E-state index contributed by atoms with van der Waals surface area (Å²) in [7, 11) is 1.54. The van der Waals surface area contributed by atoms with Gasteiger partial charge in [0.05, 0.1) is 12.7 Å². The van der Waals surface area contributed by atoms with Crippen molar-refractivity contribution >= 4 is 21.8 Å². The Labute approximate surface area is 248 Å². The van der Waals surface area contributed by atoms with E-state index in [2.05, 4.69) is 24.7 Å². The number of nitrogens with zero attached hydrogens (tertiary/aromatic N) is 1. The smallest absolute Gasteiger partial charge is 0.438 e. The molecule has 9 nitrogen and oxygen atoms in total. The van der Waals surface area contributed by atoms with Gasteiger partial charge in [-0.15, -0.1) is 0 Å². The number of amides is 1. The molecule has 0 radical (unpaired) electrons. The summed E-state index contributed by atoms with van der Waals surface area (Å²) in [5.41, 5.74) is -0.177. The fourth-order valence-electron chi connectivity index (χ4n) is 4.71. The van der Waals surface area contributed by atoms with Crippen LogP contribution < -0.4 is 20.5 Å². The lowest BCUT2D eigenvalue weighted by Gasteiger charge is -2.41. The zero-order valence-electron chi connectivity index (χ0n) is 24.5. The molecule has 0 unspecified atom stereocenters. The van der Waals surface area contributed by atoms with Crippen molar-refractivity contribution in [1.82, 2.24) is 14.9 Å². The van der Waals surface area contributed by atoms with Gasteiger partial charge < -0.3 is 14.8 Å². The first-order chi connectivity index (χ1) is 20.1. The van der Waals surface area contributed by atoms with Crippen molar-refractivity contribution in [3.8, 4) is 16.9 Å². The molecular weight excluding hydrogens is 585 g/mol. The van der Waals surface area contributed by atoms with Crippen LogP contribution in [-0.2, 0) is 17.3 Å². The summed E-state index contributed by atoms with van der Waals surface area (Å²) in [5, 5.41) is 6.46. The number of carbonyl (C=O) groups is 1.